The number of benzene rings is 3. The maximum atomic E-state index is 4.68. The van der Waals surface area contributed by atoms with Crippen LogP contribution in [0, 0.1) is 6.92 Å². The molecule has 0 aliphatic rings. The fourth-order valence-electron chi connectivity index (χ4n) is 3.52. The van der Waals surface area contributed by atoms with Crippen molar-refractivity contribution in [2.75, 3.05) is 0 Å². The van der Waals surface area contributed by atoms with Crippen molar-refractivity contribution >= 4 is 10.8 Å². The monoisotopic (exact) mass is 374 g/mol. The first-order valence-electron chi connectivity index (χ1n) is 9.49. The molecule has 3 aromatic carbocycles. The van der Waals surface area contributed by atoms with Crippen LogP contribution in [0.2, 0.25) is 0 Å². The first kappa shape index (κ1) is 17.2. The summed E-state index contributed by atoms with van der Waals surface area (Å²) in [6, 6.07) is 27.1. The highest BCUT2D eigenvalue weighted by Crippen LogP contribution is 2.30. The summed E-state index contributed by atoms with van der Waals surface area (Å²) in [7, 11) is 0. The van der Waals surface area contributed by atoms with E-state index in [1.807, 2.05) is 19.1 Å². The molecule has 0 aliphatic carbocycles. The number of hydrogen-bond donors (Lipinski definition) is 0. The molecular formula is C25H18N4. The second kappa shape index (κ2) is 7.24. The van der Waals surface area contributed by atoms with Crippen LogP contribution in [0.5, 0.6) is 0 Å². The lowest BCUT2D eigenvalue weighted by Crippen LogP contribution is -1.99. The van der Waals surface area contributed by atoms with Gasteiger partial charge < -0.3 is 0 Å². The van der Waals surface area contributed by atoms with Gasteiger partial charge in [0.15, 0.2) is 11.6 Å². The number of aryl methyl sites for hydroxylation is 1. The lowest BCUT2D eigenvalue weighted by Gasteiger charge is -2.09. The van der Waals surface area contributed by atoms with E-state index in [4.69, 9.17) is 0 Å². The molecule has 0 spiro atoms. The molecule has 0 fully saturated rings. The number of aromatic nitrogens is 4. The Hall–Kier alpha value is -3.92. The van der Waals surface area contributed by atoms with Gasteiger partial charge in [-0.15, -0.1) is 0 Å². The highest BCUT2D eigenvalue weighted by Gasteiger charge is 2.09. The van der Waals surface area contributed by atoms with E-state index in [0.29, 0.717) is 17.5 Å². The Bertz CT molecular complexity index is 1290. The van der Waals surface area contributed by atoms with Crippen molar-refractivity contribution in [1.29, 1.82) is 0 Å². The molecule has 0 amide bonds. The van der Waals surface area contributed by atoms with Crippen molar-refractivity contribution in [3.8, 4) is 33.9 Å². The molecule has 5 rings (SSSR count). The predicted molar refractivity (Wildman–Crippen MR) is 116 cm³/mol. The molecule has 0 unspecified atom stereocenters. The highest BCUT2D eigenvalue weighted by molar-refractivity contribution is 5.96. The minimum atomic E-state index is 0.660. The van der Waals surface area contributed by atoms with Crippen molar-refractivity contribution in [2.24, 2.45) is 0 Å². The Morgan fingerprint density at radius 3 is 1.93 bits per heavy atom. The number of hydrogen-bond acceptors (Lipinski definition) is 4. The minimum absolute atomic E-state index is 0.660. The molecule has 2 aromatic heterocycles. The maximum absolute atomic E-state index is 4.68. The van der Waals surface area contributed by atoms with Gasteiger partial charge in [0.05, 0.1) is 0 Å². The van der Waals surface area contributed by atoms with Gasteiger partial charge in [0, 0.05) is 23.5 Å². The molecule has 0 bridgehead atoms. The zero-order chi connectivity index (χ0) is 19.6. The zero-order valence-electron chi connectivity index (χ0n) is 15.9. The summed E-state index contributed by atoms with van der Waals surface area (Å²) >= 11 is 0. The quantitative estimate of drug-likeness (QED) is 0.405. The van der Waals surface area contributed by atoms with Crippen LogP contribution in [-0.2, 0) is 0 Å². The van der Waals surface area contributed by atoms with E-state index in [0.717, 1.165) is 11.1 Å². The summed E-state index contributed by atoms with van der Waals surface area (Å²) in [5, 5.41) is 2.49. The van der Waals surface area contributed by atoms with Crippen molar-refractivity contribution in [1.82, 2.24) is 19.9 Å². The minimum Gasteiger partial charge on any atom is -0.265 e. The Morgan fingerprint density at radius 2 is 1.17 bits per heavy atom. The third kappa shape index (κ3) is 3.36. The first-order valence-corrected chi connectivity index (χ1v) is 9.49. The van der Waals surface area contributed by atoms with E-state index in [1.165, 1.54) is 21.9 Å². The van der Waals surface area contributed by atoms with Gasteiger partial charge in [0.25, 0.3) is 0 Å². The summed E-state index contributed by atoms with van der Waals surface area (Å²) in [6.07, 6.45) is 3.49. The number of rotatable bonds is 3. The van der Waals surface area contributed by atoms with Crippen molar-refractivity contribution in [3.63, 3.8) is 0 Å². The molecule has 138 valence electrons. The van der Waals surface area contributed by atoms with Crippen molar-refractivity contribution < 1.29 is 0 Å². The topological polar surface area (TPSA) is 51.6 Å². The number of nitrogens with zero attached hydrogens (tertiary/aromatic N) is 4. The van der Waals surface area contributed by atoms with Crippen LogP contribution in [0.3, 0.4) is 0 Å². The van der Waals surface area contributed by atoms with E-state index in [-0.39, 0.29) is 0 Å². The molecule has 0 radical (unpaired) electrons. The van der Waals surface area contributed by atoms with Crippen LogP contribution in [-0.4, -0.2) is 19.9 Å². The number of fused-ring (bicyclic) bond motifs is 1. The summed E-state index contributed by atoms with van der Waals surface area (Å²) in [5.41, 5.74) is 4.29. The van der Waals surface area contributed by atoms with Crippen LogP contribution in [0.1, 0.15) is 5.82 Å². The average Bonchev–Trinajstić information content (AvgIpc) is 2.79. The van der Waals surface area contributed by atoms with Gasteiger partial charge in [-0.2, -0.15) is 0 Å². The van der Waals surface area contributed by atoms with E-state index in [1.54, 1.807) is 12.4 Å². The molecule has 4 nitrogen and oxygen atoms in total. The summed E-state index contributed by atoms with van der Waals surface area (Å²) in [5.74, 6) is 2.03. The average molecular weight is 374 g/mol. The molecule has 0 atom stereocenters. The fraction of sp³-hybridized carbons (Fsp3) is 0.0400. The standard InChI is InChI=1S/C25H18N4/c1-17-27-24(29-25(28-17)21-13-15-26-16-14-21)20-11-9-19(10-12-20)23-8-4-6-18-5-2-3-7-22(18)23/h2-16H,1H3. The first-order chi connectivity index (χ1) is 14.3. The summed E-state index contributed by atoms with van der Waals surface area (Å²) in [6.45, 7) is 1.89. The SMILES string of the molecule is Cc1nc(-c2ccncc2)nc(-c2ccc(-c3cccc4ccccc34)cc2)n1. The Labute approximate surface area is 169 Å². The lowest BCUT2D eigenvalue weighted by molar-refractivity contribution is 0.991. The van der Waals surface area contributed by atoms with Crippen molar-refractivity contribution in [3.05, 3.63) is 97.1 Å². The molecule has 0 N–H and O–H groups in total. The van der Waals surface area contributed by atoms with Crippen LogP contribution in [0.4, 0.5) is 0 Å². The summed E-state index contributed by atoms with van der Waals surface area (Å²) < 4.78 is 0. The van der Waals surface area contributed by atoms with Crippen LogP contribution in [0.25, 0.3) is 44.7 Å². The Morgan fingerprint density at radius 1 is 0.552 bits per heavy atom. The van der Waals surface area contributed by atoms with Gasteiger partial charge in [-0.1, -0.05) is 66.7 Å². The second-order valence-corrected chi connectivity index (χ2v) is 6.87. The van der Waals surface area contributed by atoms with Gasteiger partial charge in [0.1, 0.15) is 5.82 Å². The third-order valence-corrected chi connectivity index (χ3v) is 4.93. The van der Waals surface area contributed by atoms with Gasteiger partial charge in [-0.05, 0) is 41.0 Å². The molecule has 4 heteroatoms. The van der Waals surface area contributed by atoms with E-state index in [2.05, 4.69) is 86.7 Å². The summed E-state index contributed by atoms with van der Waals surface area (Å²) in [4.78, 5) is 17.8. The molecule has 5 aromatic rings. The van der Waals surface area contributed by atoms with Crippen LogP contribution < -0.4 is 0 Å². The third-order valence-electron chi connectivity index (χ3n) is 4.93. The Balaban J connectivity index is 1.55. The largest absolute Gasteiger partial charge is 0.265 e. The lowest BCUT2D eigenvalue weighted by atomic mass is 9.97. The highest BCUT2D eigenvalue weighted by atomic mass is 15.0. The smallest absolute Gasteiger partial charge is 0.163 e. The van der Waals surface area contributed by atoms with Crippen LogP contribution in [0.15, 0.2) is 91.3 Å². The van der Waals surface area contributed by atoms with Crippen LogP contribution >= 0.6 is 0 Å². The molecule has 2 heterocycles. The number of pyridine rings is 1. The molecule has 29 heavy (non-hydrogen) atoms. The molecule has 0 saturated carbocycles. The van der Waals surface area contributed by atoms with E-state index in [9.17, 15) is 0 Å². The molecule has 0 aliphatic heterocycles. The Kier molecular flexibility index (Phi) is 4.30. The second-order valence-electron chi connectivity index (χ2n) is 6.87. The van der Waals surface area contributed by atoms with E-state index < -0.39 is 0 Å². The molecular weight excluding hydrogens is 356 g/mol. The van der Waals surface area contributed by atoms with Gasteiger partial charge in [0.2, 0.25) is 0 Å². The fourth-order valence-corrected chi connectivity index (χ4v) is 3.52. The van der Waals surface area contributed by atoms with Gasteiger partial charge in [-0.25, -0.2) is 15.0 Å². The normalized spacial score (nSPS) is 10.9. The zero-order valence-corrected chi connectivity index (χ0v) is 15.9. The predicted octanol–water partition coefficient (Wildman–Crippen LogP) is 5.73. The molecule has 0 saturated heterocycles. The van der Waals surface area contributed by atoms with Crippen molar-refractivity contribution in [2.45, 2.75) is 6.92 Å². The van der Waals surface area contributed by atoms with E-state index >= 15 is 0 Å². The maximum Gasteiger partial charge on any atom is 0.163 e. The van der Waals surface area contributed by atoms with Gasteiger partial charge >= 0.3 is 0 Å². The van der Waals surface area contributed by atoms with Gasteiger partial charge in [-0.3, -0.25) is 4.98 Å².